The molecular formula is C14H17BrN2O2. The van der Waals surface area contributed by atoms with Gasteiger partial charge in [0, 0.05) is 10.5 Å². The molecule has 0 saturated heterocycles. The van der Waals surface area contributed by atoms with Crippen LogP contribution in [0.25, 0.3) is 0 Å². The Morgan fingerprint density at radius 3 is 2.63 bits per heavy atom. The SMILES string of the molecule is O=C(NC1CCCCC1)O/N=C\c1ccc(Br)cc1. The minimum Gasteiger partial charge on any atom is -0.317 e. The fourth-order valence-electron chi connectivity index (χ4n) is 2.12. The molecule has 1 saturated carbocycles. The minimum absolute atomic E-state index is 0.240. The fourth-order valence-corrected chi connectivity index (χ4v) is 2.39. The van der Waals surface area contributed by atoms with Crippen LogP contribution in [0, 0.1) is 0 Å². The van der Waals surface area contributed by atoms with Crippen molar-refractivity contribution in [2.45, 2.75) is 38.1 Å². The lowest BCUT2D eigenvalue weighted by molar-refractivity contribution is 0.144. The van der Waals surface area contributed by atoms with Crippen LogP contribution in [0.15, 0.2) is 33.9 Å². The zero-order valence-corrected chi connectivity index (χ0v) is 12.2. The monoisotopic (exact) mass is 324 g/mol. The minimum atomic E-state index is -0.472. The van der Waals surface area contributed by atoms with Gasteiger partial charge in [0.25, 0.3) is 0 Å². The lowest BCUT2D eigenvalue weighted by Crippen LogP contribution is -2.35. The summed E-state index contributed by atoms with van der Waals surface area (Å²) in [6.45, 7) is 0. The summed E-state index contributed by atoms with van der Waals surface area (Å²) in [5.41, 5.74) is 0.883. The quantitative estimate of drug-likeness (QED) is 0.521. The molecule has 2 rings (SSSR count). The first kappa shape index (κ1) is 14.1. The van der Waals surface area contributed by atoms with Crippen LogP contribution in [-0.4, -0.2) is 18.3 Å². The highest BCUT2D eigenvalue weighted by Crippen LogP contribution is 2.17. The number of amides is 1. The van der Waals surface area contributed by atoms with Gasteiger partial charge in [-0.25, -0.2) is 4.79 Å². The summed E-state index contributed by atoms with van der Waals surface area (Å²) in [6.07, 6.45) is 6.72. The Labute approximate surface area is 121 Å². The number of hydrogen-bond acceptors (Lipinski definition) is 3. The smallest absolute Gasteiger partial charge is 0.317 e. The molecule has 1 aromatic rings. The van der Waals surface area contributed by atoms with Gasteiger partial charge in [-0.15, -0.1) is 0 Å². The van der Waals surface area contributed by atoms with E-state index in [1.54, 1.807) is 0 Å². The summed E-state index contributed by atoms with van der Waals surface area (Å²) >= 11 is 3.35. The van der Waals surface area contributed by atoms with Crippen molar-refractivity contribution >= 4 is 28.2 Å². The second-order valence-corrected chi connectivity index (χ2v) is 5.56. The first-order chi connectivity index (χ1) is 9.24. The third-order valence-corrected chi connectivity index (χ3v) is 3.66. The van der Waals surface area contributed by atoms with Crippen molar-refractivity contribution in [1.82, 2.24) is 5.32 Å². The maximum atomic E-state index is 11.5. The summed E-state index contributed by atoms with van der Waals surface area (Å²) in [4.78, 5) is 16.3. The Balaban J connectivity index is 1.74. The van der Waals surface area contributed by atoms with E-state index in [-0.39, 0.29) is 6.04 Å². The third kappa shape index (κ3) is 5.03. The van der Waals surface area contributed by atoms with Crippen LogP contribution in [0.2, 0.25) is 0 Å². The number of carbonyl (C=O) groups is 1. The standard InChI is InChI=1S/C14H17BrN2O2/c15-12-8-6-11(7-9-12)10-16-19-14(18)17-13-4-2-1-3-5-13/h6-10,13H,1-5H2,(H,17,18)/b16-10-. The van der Waals surface area contributed by atoms with Crippen molar-refractivity contribution in [3.05, 3.63) is 34.3 Å². The van der Waals surface area contributed by atoms with E-state index in [2.05, 4.69) is 26.4 Å². The number of hydrogen-bond donors (Lipinski definition) is 1. The fraction of sp³-hybridized carbons (Fsp3) is 0.429. The molecule has 0 aliphatic heterocycles. The summed E-state index contributed by atoms with van der Waals surface area (Å²) in [5.74, 6) is 0. The lowest BCUT2D eigenvalue weighted by Gasteiger charge is -2.21. The van der Waals surface area contributed by atoms with Crippen LogP contribution in [0.3, 0.4) is 0 Å². The number of nitrogens with one attached hydrogen (secondary N) is 1. The predicted molar refractivity (Wildman–Crippen MR) is 78.2 cm³/mol. The van der Waals surface area contributed by atoms with Crippen LogP contribution in [-0.2, 0) is 4.84 Å². The molecule has 102 valence electrons. The van der Waals surface area contributed by atoms with Gasteiger partial charge in [-0.1, -0.05) is 52.5 Å². The van der Waals surface area contributed by atoms with Crippen molar-refractivity contribution in [3.63, 3.8) is 0 Å². The van der Waals surface area contributed by atoms with Gasteiger partial charge in [-0.2, -0.15) is 0 Å². The summed E-state index contributed by atoms with van der Waals surface area (Å²) in [6, 6.07) is 7.82. The van der Waals surface area contributed by atoms with Crippen LogP contribution in [0.5, 0.6) is 0 Å². The summed E-state index contributed by atoms with van der Waals surface area (Å²) in [7, 11) is 0. The van der Waals surface area contributed by atoms with E-state index in [4.69, 9.17) is 4.84 Å². The number of carbonyl (C=O) groups excluding carboxylic acids is 1. The topological polar surface area (TPSA) is 50.7 Å². The van der Waals surface area contributed by atoms with Crippen molar-refractivity contribution in [2.75, 3.05) is 0 Å². The molecule has 1 aliphatic carbocycles. The van der Waals surface area contributed by atoms with Gasteiger partial charge in [-0.05, 0) is 30.5 Å². The molecule has 1 N–H and O–H groups in total. The van der Waals surface area contributed by atoms with E-state index >= 15 is 0 Å². The third-order valence-electron chi connectivity index (χ3n) is 3.13. The molecule has 0 unspecified atom stereocenters. The molecule has 0 radical (unpaired) electrons. The molecule has 19 heavy (non-hydrogen) atoms. The van der Waals surface area contributed by atoms with E-state index in [1.165, 1.54) is 25.5 Å². The van der Waals surface area contributed by atoms with E-state index < -0.39 is 6.09 Å². The van der Waals surface area contributed by atoms with Crippen molar-refractivity contribution in [3.8, 4) is 0 Å². The highest BCUT2D eigenvalue weighted by molar-refractivity contribution is 9.10. The Morgan fingerprint density at radius 1 is 1.26 bits per heavy atom. The maximum Gasteiger partial charge on any atom is 0.433 e. The second-order valence-electron chi connectivity index (χ2n) is 4.64. The number of oxime groups is 1. The van der Waals surface area contributed by atoms with E-state index in [1.807, 2.05) is 24.3 Å². The van der Waals surface area contributed by atoms with Crippen molar-refractivity contribution in [2.24, 2.45) is 5.16 Å². The Morgan fingerprint density at radius 2 is 1.95 bits per heavy atom. The molecule has 1 aliphatic rings. The van der Waals surface area contributed by atoms with E-state index in [0.29, 0.717) is 0 Å². The average Bonchev–Trinajstić information content (AvgIpc) is 2.42. The zero-order chi connectivity index (χ0) is 13.5. The van der Waals surface area contributed by atoms with Gasteiger partial charge in [0.1, 0.15) is 0 Å². The molecule has 0 aromatic heterocycles. The molecule has 0 spiro atoms. The molecule has 4 nitrogen and oxygen atoms in total. The number of rotatable bonds is 3. The Kier molecular flexibility index (Phi) is 5.39. The number of benzene rings is 1. The normalized spacial score (nSPS) is 16.5. The second kappa shape index (κ2) is 7.28. The number of halogens is 1. The van der Waals surface area contributed by atoms with Gasteiger partial charge in [0.15, 0.2) is 0 Å². The largest absolute Gasteiger partial charge is 0.433 e. The molecule has 5 heteroatoms. The maximum absolute atomic E-state index is 11.5. The molecule has 1 amide bonds. The van der Waals surface area contributed by atoms with E-state index in [0.717, 1.165) is 22.9 Å². The molecule has 1 fully saturated rings. The summed E-state index contributed by atoms with van der Waals surface area (Å²) in [5, 5.41) is 6.52. The first-order valence-corrected chi connectivity index (χ1v) is 7.30. The van der Waals surface area contributed by atoms with Crippen LogP contribution in [0.1, 0.15) is 37.7 Å². The van der Waals surface area contributed by atoms with Gasteiger partial charge in [-0.3, -0.25) is 4.84 Å². The zero-order valence-electron chi connectivity index (χ0n) is 10.6. The first-order valence-electron chi connectivity index (χ1n) is 6.50. The van der Waals surface area contributed by atoms with Crippen LogP contribution < -0.4 is 5.32 Å². The molecule has 0 atom stereocenters. The van der Waals surface area contributed by atoms with E-state index in [9.17, 15) is 4.79 Å². The van der Waals surface area contributed by atoms with Crippen LogP contribution >= 0.6 is 15.9 Å². The van der Waals surface area contributed by atoms with Gasteiger partial charge >= 0.3 is 6.09 Å². The van der Waals surface area contributed by atoms with Crippen molar-refractivity contribution < 1.29 is 9.63 Å². The van der Waals surface area contributed by atoms with Crippen LogP contribution in [0.4, 0.5) is 4.79 Å². The Hall–Kier alpha value is -1.36. The predicted octanol–water partition coefficient (Wildman–Crippen LogP) is 3.84. The Bertz CT molecular complexity index is 439. The highest BCUT2D eigenvalue weighted by atomic mass is 79.9. The summed E-state index contributed by atoms with van der Waals surface area (Å²) < 4.78 is 1.00. The molecule has 0 bridgehead atoms. The molecule has 1 aromatic carbocycles. The lowest BCUT2D eigenvalue weighted by atomic mass is 9.96. The van der Waals surface area contributed by atoms with Gasteiger partial charge in [0.05, 0.1) is 6.21 Å². The number of nitrogens with zero attached hydrogens (tertiary/aromatic N) is 1. The van der Waals surface area contributed by atoms with Crippen molar-refractivity contribution in [1.29, 1.82) is 0 Å². The highest BCUT2D eigenvalue weighted by Gasteiger charge is 2.16. The average molecular weight is 325 g/mol. The molecule has 0 heterocycles. The van der Waals surface area contributed by atoms with Gasteiger partial charge < -0.3 is 5.32 Å². The molecular weight excluding hydrogens is 308 g/mol. The van der Waals surface area contributed by atoms with Gasteiger partial charge in [0.2, 0.25) is 0 Å².